The standard InChI is InChI=1S/C10H18O4.C4H9.Li/c1-2-3-5-8(10(13)14)6-4-7-9(11)12;1-3-4-2;/h8H,2-7H2,1H3,(H,11,12)(H,13,14);1,3-4H2,2H3;/q;-1;+1. The van der Waals surface area contributed by atoms with Gasteiger partial charge in [-0.05, 0) is 19.3 Å². The van der Waals surface area contributed by atoms with Crippen LogP contribution in [0.3, 0.4) is 0 Å². The number of rotatable bonds is 9. The number of hydrogen-bond donors (Lipinski definition) is 2. The van der Waals surface area contributed by atoms with Gasteiger partial charge < -0.3 is 17.1 Å². The predicted octanol–water partition coefficient (Wildman–Crippen LogP) is 0.757. The fourth-order valence-electron chi connectivity index (χ4n) is 1.34. The monoisotopic (exact) mass is 266 g/mol. The zero-order valence-corrected chi connectivity index (χ0v) is 12.7. The maximum atomic E-state index is 10.7. The van der Waals surface area contributed by atoms with E-state index in [0.29, 0.717) is 19.3 Å². The van der Waals surface area contributed by atoms with Gasteiger partial charge in [0.15, 0.2) is 0 Å². The average molecular weight is 266 g/mol. The molecule has 0 bridgehead atoms. The first kappa shape index (κ1) is 23.6. The molecule has 1 atom stereocenters. The number of hydrogen-bond acceptors (Lipinski definition) is 2. The molecule has 2 N–H and O–H groups in total. The summed E-state index contributed by atoms with van der Waals surface area (Å²) < 4.78 is 0. The van der Waals surface area contributed by atoms with E-state index in [0.717, 1.165) is 19.3 Å². The van der Waals surface area contributed by atoms with Gasteiger partial charge in [-0.3, -0.25) is 9.59 Å². The van der Waals surface area contributed by atoms with E-state index in [1.165, 1.54) is 6.42 Å². The topological polar surface area (TPSA) is 74.6 Å². The molecule has 0 saturated heterocycles. The van der Waals surface area contributed by atoms with E-state index in [9.17, 15) is 9.59 Å². The first-order valence-corrected chi connectivity index (χ1v) is 6.73. The van der Waals surface area contributed by atoms with Crippen molar-refractivity contribution in [2.75, 3.05) is 0 Å². The fraction of sp³-hybridized carbons (Fsp3) is 0.786. The Balaban J connectivity index is -0.000000448. The summed E-state index contributed by atoms with van der Waals surface area (Å²) in [7, 11) is 0. The van der Waals surface area contributed by atoms with Gasteiger partial charge in [0.2, 0.25) is 0 Å². The molecule has 0 saturated carbocycles. The van der Waals surface area contributed by atoms with Crippen molar-refractivity contribution in [3.8, 4) is 0 Å². The maximum Gasteiger partial charge on any atom is 1.00 e. The first-order valence-electron chi connectivity index (χ1n) is 6.73. The largest absolute Gasteiger partial charge is 1.00 e. The minimum absolute atomic E-state index is 0. The number of carboxylic acids is 2. The molecular formula is C14H27LiO4. The average Bonchev–Trinajstić information content (AvgIpc) is 2.33. The summed E-state index contributed by atoms with van der Waals surface area (Å²) in [6.45, 7) is 7.73. The zero-order valence-electron chi connectivity index (χ0n) is 12.7. The summed E-state index contributed by atoms with van der Waals surface area (Å²) in [5, 5.41) is 17.2. The van der Waals surface area contributed by atoms with Gasteiger partial charge in [-0.2, -0.15) is 6.42 Å². The van der Waals surface area contributed by atoms with Gasteiger partial charge in [0.05, 0.1) is 5.92 Å². The fourth-order valence-corrected chi connectivity index (χ4v) is 1.34. The molecule has 0 aliphatic rings. The summed E-state index contributed by atoms with van der Waals surface area (Å²) in [5.41, 5.74) is 0. The molecule has 0 aliphatic heterocycles. The molecule has 4 nitrogen and oxygen atoms in total. The Hall–Kier alpha value is -0.463. The number of carbonyl (C=O) groups is 2. The van der Waals surface area contributed by atoms with Gasteiger partial charge in [0.25, 0.3) is 0 Å². The van der Waals surface area contributed by atoms with Crippen LogP contribution in [0.4, 0.5) is 0 Å². The Morgan fingerprint density at radius 1 is 1.05 bits per heavy atom. The van der Waals surface area contributed by atoms with Gasteiger partial charge in [0.1, 0.15) is 0 Å². The first-order chi connectivity index (χ1) is 8.49. The molecule has 0 radical (unpaired) electrons. The van der Waals surface area contributed by atoms with Gasteiger partial charge in [-0.25, -0.2) is 0 Å². The second-order valence-electron chi connectivity index (χ2n) is 4.32. The summed E-state index contributed by atoms with van der Waals surface area (Å²) in [4.78, 5) is 21.0. The Morgan fingerprint density at radius 2 is 1.53 bits per heavy atom. The molecule has 5 heteroatoms. The van der Waals surface area contributed by atoms with E-state index in [4.69, 9.17) is 10.2 Å². The summed E-state index contributed by atoms with van der Waals surface area (Å²) in [6, 6.07) is 0. The zero-order chi connectivity index (χ0) is 14.4. The normalized spacial score (nSPS) is 10.7. The van der Waals surface area contributed by atoms with Crippen molar-refractivity contribution >= 4 is 11.9 Å². The third-order valence-electron chi connectivity index (χ3n) is 2.55. The molecule has 19 heavy (non-hydrogen) atoms. The molecule has 0 aromatic heterocycles. The summed E-state index contributed by atoms with van der Waals surface area (Å²) in [6.07, 6.45) is 5.80. The van der Waals surface area contributed by atoms with Crippen molar-refractivity contribution in [2.24, 2.45) is 5.92 Å². The van der Waals surface area contributed by atoms with Crippen LogP contribution in [0.5, 0.6) is 0 Å². The van der Waals surface area contributed by atoms with Gasteiger partial charge >= 0.3 is 30.8 Å². The molecule has 0 spiro atoms. The van der Waals surface area contributed by atoms with E-state index in [1.807, 2.05) is 6.92 Å². The molecule has 108 valence electrons. The molecule has 0 amide bonds. The van der Waals surface area contributed by atoms with Crippen LogP contribution in [0.1, 0.15) is 65.2 Å². The Labute approximate surface area is 129 Å². The second-order valence-corrected chi connectivity index (χ2v) is 4.32. The smallest absolute Gasteiger partial charge is 0.481 e. The van der Waals surface area contributed by atoms with Crippen molar-refractivity contribution in [3.05, 3.63) is 6.92 Å². The Kier molecular flexibility index (Phi) is 21.8. The molecular weight excluding hydrogens is 239 g/mol. The molecule has 0 fully saturated rings. The van der Waals surface area contributed by atoms with Gasteiger partial charge in [-0.15, -0.1) is 0 Å². The van der Waals surface area contributed by atoms with E-state index < -0.39 is 11.9 Å². The third-order valence-corrected chi connectivity index (χ3v) is 2.55. The van der Waals surface area contributed by atoms with Crippen molar-refractivity contribution in [1.29, 1.82) is 0 Å². The molecule has 0 aromatic rings. The summed E-state index contributed by atoms with van der Waals surface area (Å²) >= 11 is 0. The second kappa shape index (κ2) is 17.5. The van der Waals surface area contributed by atoms with Crippen LogP contribution in [0, 0.1) is 12.8 Å². The SMILES string of the molecule is CCCCC(CCCC(=O)O)C(=O)O.[CH2-]CCC.[Li+]. The minimum atomic E-state index is -0.857. The molecule has 0 aromatic carbocycles. The van der Waals surface area contributed by atoms with Crippen molar-refractivity contribution in [1.82, 2.24) is 0 Å². The molecule has 0 aliphatic carbocycles. The molecule has 1 unspecified atom stereocenters. The molecule has 0 rings (SSSR count). The van der Waals surface area contributed by atoms with Crippen molar-refractivity contribution < 1.29 is 38.7 Å². The van der Waals surface area contributed by atoms with Crippen LogP contribution in [0.15, 0.2) is 0 Å². The van der Waals surface area contributed by atoms with Crippen LogP contribution in [0.2, 0.25) is 0 Å². The Bertz CT molecular complexity index is 217. The molecule has 0 heterocycles. The van der Waals surface area contributed by atoms with Crippen molar-refractivity contribution in [2.45, 2.75) is 65.2 Å². The number of unbranched alkanes of at least 4 members (excludes halogenated alkanes) is 2. The van der Waals surface area contributed by atoms with E-state index in [-0.39, 0.29) is 31.2 Å². The van der Waals surface area contributed by atoms with E-state index >= 15 is 0 Å². The van der Waals surface area contributed by atoms with Crippen LogP contribution in [-0.4, -0.2) is 22.2 Å². The third kappa shape index (κ3) is 20.0. The van der Waals surface area contributed by atoms with Crippen LogP contribution in [-0.2, 0) is 9.59 Å². The van der Waals surface area contributed by atoms with E-state index in [1.54, 1.807) is 0 Å². The van der Waals surface area contributed by atoms with Crippen molar-refractivity contribution in [3.63, 3.8) is 0 Å². The van der Waals surface area contributed by atoms with Crippen LogP contribution < -0.4 is 18.9 Å². The maximum absolute atomic E-state index is 10.7. The van der Waals surface area contributed by atoms with E-state index in [2.05, 4.69) is 13.8 Å². The van der Waals surface area contributed by atoms with Gasteiger partial charge in [0, 0.05) is 6.42 Å². The predicted molar refractivity (Wildman–Crippen MR) is 72.4 cm³/mol. The van der Waals surface area contributed by atoms with Gasteiger partial charge in [-0.1, -0.05) is 33.1 Å². The van der Waals surface area contributed by atoms with Crippen LogP contribution >= 0.6 is 0 Å². The Morgan fingerprint density at radius 3 is 1.84 bits per heavy atom. The minimum Gasteiger partial charge on any atom is -0.481 e. The summed E-state index contributed by atoms with van der Waals surface area (Å²) in [5.74, 6) is -2.03. The number of carboxylic acid groups (broad SMARTS) is 2. The number of aliphatic carboxylic acids is 2. The van der Waals surface area contributed by atoms with Crippen LogP contribution in [0.25, 0.3) is 0 Å². The quantitative estimate of drug-likeness (QED) is 0.477.